The van der Waals surface area contributed by atoms with E-state index < -0.39 is 5.97 Å². The van der Waals surface area contributed by atoms with Gasteiger partial charge in [0.2, 0.25) is 0 Å². The fourth-order valence-corrected chi connectivity index (χ4v) is 1.26. The van der Waals surface area contributed by atoms with Gasteiger partial charge in [0.05, 0.1) is 0 Å². The first kappa shape index (κ1) is 11.5. The number of anilines is 1. The molecule has 4 heteroatoms. The quantitative estimate of drug-likeness (QED) is 0.786. The Labute approximate surface area is 87.9 Å². The molecule has 2 N–H and O–H groups in total. The molecule has 0 fully saturated rings. The molecule has 0 heterocycles. The molecule has 0 saturated heterocycles. The maximum Gasteiger partial charge on any atom is 0.303 e. The summed E-state index contributed by atoms with van der Waals surface area (Å²) in [7, 11) is 0. The Morgan fingerprint density at radius 2 is 2.33 bits per heavy atom. The van der Waals surface area contributed by atoms with Crippen molar-refractivity contribution in [1.82, 2.24) is 0 Å². The normalized spacial score (nSPS) is 12.1. The van der Waals surface area contributed by atoms with E-state index in [0.717, 1.165) is 0 Å². The molecular weight excluding hydrogens is 197 g/mol. The van der Waals surface area contributed by atoms with E-state index in [9.17, 15) is 9.18 Å². The topological polar surface area (TPSA) is 49.3 Å². The highest BCUT2D eigenvalue weighted by molar-refractivity contribution is 5.67. The van der Waals surface area contributed by atoms with Crippen LogP contribution < -0.4 is 5.32 Å². The van der Waals surface area contributed by atoms with Gasteiger partial charge in [-0.2, -0.15) is 0 Å². The fraction of sp³-hybridized carbons (Fsp3) is 0.364. The number of carboxylic acid groups (broad SMARTS) is 1. The predicted molar refractivity (Wildman–Crippen MR) is 56.3 cm³/mol. The smallest absolute Gasteiger partial charge is 0.303 e. The van der Waals surface area contributed by atoms with Crippen molar-refractivity contribution in [2.45, 2.75) is 13.3 Å². The molecule has 0 aliphatic carbocycles. The monoisotopic (exact) mass is 211 g/mol. The lowest BCUT2D eigenvalue weighted by Gasteiger charge is -2.11. The Kier molecular flexibility index (Phi) is 4.09. The lowest BCUT2D eigenvalue weighted by Crippen LogP contribution is -2.14. The van der Waals surface area contributed by atoms with Crippen LogP contribution in [0.1, 0.15) is 13.3 Å². The van der Waals surface area contributed by atoms with Gasteiger partial charge in [0.15, 0.2) is 0 Å². The van der Waals surface area contributed by atoms with E-state index in [1.165, 1.54) is 12.1 Å². The summed E-state index contributed by atoms with van der Waals surface area (Å²) in [5.74, 6) is -1.10. The highest BCUT2D eigenvalue weighted by atomic mass is 19.1. The van der Waals surface area contributed by atoms with Gasteiger partial charge in [0, 0.05) is 18.7 Å². The first-order chi connectivity index (χ1) is 7.08. The standard InChI is InChI=1S/C11H14FNO2/c1-8(5-11(14)15)7-13-10-4-2-3-9(12)6-10/h2-4,6,8,13H,5,7H2,1H3,(H,14,15). The van der Waals surface area contributed by atoms with Crippen LogP contribution in [0.5, 0.6) is 0 Å². The second-order valence-corrected chi connectivity index (χ2v) is 3.59. The van der Waals surface area contributed by atoms with Crippen molar-refractivity contribution in [1.29, 1.82) is 0 Å². The summed E-state index contributed by atoms with van der Waals surface area (Å²) >= 11 is 0. The van der Waals surface area contributed by atoms with Gasteiger partial charge in [-0.1, -0.05) is 13.0 Å². The summed E-state index contributed by atoms with van der Waals surface area (Å²) in [4.78, 5) is 10.4. The summed E-state index contributed by atoms with van der Waals surface area (Å²) in [6, 6.07) is 6.11. The second kappa shape index (κ2) is 5.34. The van der Waals surface area contributed by atoms with Gasteiger partial charge in [-0.25, -0.2) is 4.39 Å². The zero-order chi connectivity index (χ0) is 11.3. The molecule has 1 unspecified atom stereocenters. The van der Waals surface area contributed by atoms with Gasteiger partial charge < -0.3 is 10.4 Å². The minimum absolute atomic E-state index is 0.0192. The summed E-state index contributed by atoms with van der Waals surface area (Å²) in [6.45, 7) is 2.36. The van der Waals surface area contributed by atoms with E-state index >= 15 is 0 Å². The number of rotatable bonds is 5. The fourth-order valence-electron chi connectivity index (χ4n) is 1.26. The number of aliphatic carboxylic acids is 1. The Bertz CT molecular complexity index is 341. The number of hydrogen-bond donors (Lipinski definition) is 2. The maximum absolute atomic E-state index is 12.8. The molecule has 0 aliphatic rings. The average molecular weight is 211 g/mol. The first-order valence-electron chi connectivity index (χ1n) is 4.79. The minimum Gasteiger partial charge on any atom is -0.481 e. The molecule has 0 aromatic heterocycles. The van der Waals surface area contributed by atoms with Crippen LogP contribution in [0.2, 0.25) is 0 Å². The molecule has 0 radical (unpaired) electrons. The number of hydrogen-bond acceptors (Lipinski definition) is 2. The SMILES string of the molecule is CC(CNc1cccc(F)c1)CC(=O)O. The van der Waals surface area contributed by atoms with Crippen molar-refractivity contribution in [2.24, 2.45) is 5.92 Å². The van der Waals surface area contributed by atoms with E-state index in [-0.39, 0.29) is 18.2 Å². The van der Waals surface area contributed by atoms with Crippen molar-refractivity contribution < 1.29 is 14.3 Å². The lowest BCUT2D eigenvalue weighted by atomic mass is 10.1. The third-order valence-electron chi connectivity index (χ3n) is 2.00. The van der Waals surface area contributed by atoms with Crippen molar-refractivity contribution in [3.8, 4) is 0 Å². The van der Waals surface area contributed by atoms with E-state index in [2.05, 4.69) is 5.32 Å². The summed E-state index contributed by atoms with van der Waals surface area (Å²) in [5, 5.41) is 11.5. The number of carbonyl (C=O) groups is 1. The van der Waals surface area contributed by atoms with Gasteiger partial charge in [0.25, 0.3) is 0 Å². The van der Waals surface area contributed by atoms with Crippen LogP contribution in [-0.4, -0.2) is 17.6 Å². The lowest BCUT2D eigenvalue weighted by molar-refractivity contribution is -0.137. The first-order valence-corrected chi connectivity index (χ1v) is 4.79. The number of carboxylic acids is 1. The van der Waals surface area contributed by atoms with Crippen LogP contribution in [0.15, 0.2) is 24.3 Å². The van der Waals surface area contributed by atoms with Gasteiger partial charge in [0.1, 0.15) is 5.82 Å². The molecule has 15 heavy (non-hydrogen) atoms. The molecule has 1 aromatic rings. The summed E-state index contributed by atoms with van der Waals surface area (Å²) in [6.07, 6.45) is 0.113. The summed E-state index contributed by atoms with van der Waals surface area (Å²) < 4.78 is 12.8. The molecule has 0 amide bonds. The Balaban J connectivity index is 2.40. The maximum atomic E-state index is 12.8. The molecule has 1 aromatic carbocycles. The molecule has 0 aliphatic heterocycles. The van der Waals surface area contributed by atoms with Gasteiger partial charge in [-0.05, 0) is 24.1 Å². The molecule has 82 valence electrons. The van der Waals surface area contributed by atoms with Crippen LogP contribution in [-0.2, 0) is 4.79 Å². The molecule has 0 saturated carbocycles. The minimum atomic E-state index is -0.816. The number of benzene rings is 1. The Morgan fingerprint density at radius 1 is 1.60 bits per heavy atom. The van der Waals surface area contributed by atoms with Crippen LogP contribution in [0.3, 0.4) is 0 Å². The molecular formula is C11H14FNO2. The van der Waals surface area contributed by atoms with Crippen LogP contribution in [0, 0.1) is 11.7 Å². The zero-order valence-corrected chi connectivity index (χ0v) is 8.53. The van der Waals surface area contributed by atoms with E-state index in [1.807, 2.05) is 6.92 Å². The number of halogens is 1. The van der Waals surface area contributed by atoms with Crippen LogP contribution in [0.25, 0.3) is 0 Å². The van der Waals surface area contributed by atoms with Gasteiger partial charge >= 0.3 is 5.97 Å². The third-order valence-corrected chi connectivity index (χ3v) is 2.00. The predicted octanol–water partition coefficient (Wildman–Crippen LogP) is 2.35. The van der Waals surface area contributed by atoms with Crippen molar-refractivity contribution in [3.63, 3.8) is 0 Å². The van der Waals surface area contributed by atoms with Crippen LogP contribution in [0.4, 0.5) is 10.1 Å². The number of nitrogens with one attached hydrogen (secondary N) is 1. The molecule has 0 bridgehead atoms. The molecule has 3 nitrogen and oxygen atoms in total. The second-order valence-electron chi connectivity index (χ2n) is 3.59. The van der Waals surface area contributed by atoms with Gasteiger partial charge in [-0.3, -0.25) is 4.79 Å². The van der Waals surface area contributed by atoms with Crippen LogP contribution >= 0.6 is 0 Å². The Morgan fingerprint density at radius 3 is 2.93 bits per heavy atom. The molecule has 1 rings (SSSR count). The molecule has 0 spiro atoms. The highest BCUT2D eigenvalue weighted by Gasteiger charge is 2.06. The largest absolute Gasteiger partial charge is 0.481 e. The van der Waals surface area contributed by atoms with Crippen molar-refractivity contribution >= 4 is 11.7 Å². The average Bonchev–Trinajstić information content (AvgIpc) is 2.14. The van der Waals surface area contributed by atoms with Crippen molar-refractivity contribution in [2.75, 3.05) is 11.9 Å². The van der Waals surface area contributed by atoms with Gasteiger partial charge in [-0.15, -0.1) is 0 Å². The molecule has 1 atom stereocenters. The van der Waals surface area contributed by atoms with E-state index in [4.69, 9.17) is 5.11 Å². The third kappa shape index (κ3) is 4.44. The Hall–Kier alpha value is -1.58. The van der Waals surface area contributed by atoms with E-state index in [1.54, 1.807) is 12.1 Å². The van der Waals surface area contributed by atoms with Crippen molar-refractivity contribution in [3.05, 3.63) is 30.1 Å². The summed E-state index contributed by atoms with van der Waals surface area (Å²) in [5.41, 5.74) is 0.673. The zero-order valence-electron chi connectivity index (χ0n) is 8.53. The highest BCUT2D eigenvalue weighted by Crippen LogP contribution is 2.10. The van der Waals surface area contributed by atoms with E-state index in [0.29, 0.717) is 12.2 Å².